The Morgan fingerprint density at radius 1 is 0.850 bits per heavy atom. The fraction of sp³-hybridized carbons (Fsp3) is 0.310. The van der Waals surface area contributed by atoms with Gasteiger partial charge in [0.2, 0.25) is 23.6 Å². The van der Waals surface area contributed by atoms with Gasteiger partial charge in [0.25, 0.3) is 0 Å². The van der Waals surface area contributed by atoms with Gasteiger partial charge < -0.3 is 37.0 Å². The molecule has 5 rings (SSSR count). The van der Waals surface area contributed by atoms with Gasteiger partial charge in [-0.05, 0) is 42.6 Å². The predicted octanol–water partition coefficient (Wildman–Crippen LogP) is 0.758. The van der Waals surface area contributed by atoms with E-state index in [1.807, 2.05) is 54.7 Å². The lowest BCUT2D eigenvalue weighted by Gasteiger charge is -2.21. The first kappa shape index (κ1) is 26.9. The lowest BCUT2D eigenvalue weighted by molar-refractivity contribution is -0.131. The summed E-state index contributed by atoms with van der Waals surface area (Å²) in [4.78, 5) is 57.3. The summed E-state index contributed by atoms with van der Waals surface area (Å²) >= 11 is 0. The van der Waals surface area contributed by atoms with Gasteiger partial charge >= 0.3 is 0 Å². The van der Waals surface area contributed by atoms with Gasteiger partial charge in [-0.2, -0.15) is 0 Å². The second-order valence-electron chi connectivity index (χ2n) is 10.1. The maximum atomic E-state index is 13.3. The Bertz CT molecular complexity index is 1540. The number of primary amides is 1. The quantitative estimate of drug-likeness (QED) is 0.148. The molecule has 40 heavy (non-hydrogen) atoms. The Morgan fingerprint density at radius 3 is 2.02 bits per heavy atom. The van der Waals surface area contributed by atoms with E-state index in [4.69, 9.17) is 5.73 Å². The van der Waals surface area contributed by atoms with Crippen LogP contribution in [0.25, 0.3) is 21.8 Å². The third-order valence-electron chi connectivity index (χ3n) is 7.31. The summed E-state index contributed by atoms with van der Waals surface area (Å²) < 4.78 is 0. The van der Waals surface area contributed by atoms with Crippen LogP contribution in [0.4, 0.5) is 0 Å². The largest absolute Gasteiger partial charge is 0.368 e. The highest BCUT2D eigenvalue weighted by molar-refractivity contribution is 5.94. The maximum Gasteiger partial charge on any atom is 0.243 e. The number of aromatic amines is 2. The van der Waals surface area contributed by atoms with E-state index in [1.54, 1.807) is 6.20 Å². The van der Waals surface area contributed by atoms with Crippen LogP contribution in [0, 0.1) is 0 Å². The van der Waals surface area contributed by atoms with Gasteiger partial charge in [-0.1, -0.05) is 36.4 Å². The number of aromatic nitrogens is 2. The van der Waals surface area contributed by atoms with E-state index >= 15 is 0 Å². The Kier molecular flexibility index (Phi) is 8.11. The normalized spacial score (nSPS) is 16.4. The molecule has 1 aliphatic rings. The number of nitrogens with one attached hydrogen (secondary N) is 6. The molecule has 4 amide bonds. The first-order valence-corrected chi connectivity index (χ1v) is 13.4. The zero-order valence-electron chi connectivity index (χ0n) is 22.0. The minimum Gasteiger partial charge on any atom is -0.368 e. The van der Waals surface area contributed by atoms with Crippen LogP contribution in [0.1, 0.15) is 24.0 Å². The molecule has 2 aromatic carbocycles. The number of carbonyl (C=O) groups is 4. The van der Waals surface area contributed by atoms with Crippen molar-refractivity contribution in [3.63, 3.8) is 0 Å². The van der Waals surface area contributed by atoms with Gasteiger partial charge in [0.15, 0.2) is 0 Å². The molecule has 3 heterocycles. The molecule has 0 radical (unpaired) electrons. The minimum absolute atomic E-state index is 0.201. The molecule has 3 atom stereocenters. The predicted molar refractivity (Wildman–Crippen MR) is 151 cm³/mol. The van der Waals surface area contributed by atoms with Crippen molar-refractivity contribution >= 4 is 45.4 Å². The highest BCUT2D eigenvalue weighted by Gasteiger charge is 2.29. The number of para-hydroxylation sites is 2. The molecule has 0 spiro atoms. The van der Waals surface area contributed by atoms with E-state index in [-0.39, 0.29) is 31.3 Å². The Hall–Kier alpha value is -4.64. The van der Waals surface area contributed by atoms with Crippen molar-refractivity contribution in [2.24, 2.45) is 5.73 Å². The number of H-pyrrole nitrogens is 2. The first-order chi connectivity index (χ1) is 19.4. The molecular formula is C29H33N7O4. The molecule has 1 saturated heterocycles. The van der Waals surface area contributed by atoms with Gasteiger partial charge in [-0.15, -0.1) is 0 Å². The summed E-state index contributed by atoms with van der Waals surface area (Å²) in [6.45, 7) is 0.371. The van der Waals surface area contributed by atoms with Crippen LogP contribution >= 0.6 is 0 Å². The fourth-order valence-electron chi connectivity index (χ4n) is 5.19. The average Bonchev–Trinajstić information content (AvgIpc) is 3.72. The van der Waals surface area contributed by atoms with E-state index in [0.717, 1.165) is 45.9 Å². The molecule has 11 nitrogen and oxygen atoms in total. The molecule has 4 aromatic rings. The van der Waals surface area contributed by atoms with Crippen molar-refractivity contribution in [1.29, 1.82) is 0 Å². The third kappa shape index (κ3) is 6.15. The van der Waals surface area contributed by atoms with Crippen molar-refractivity contribution in [2.45, 2.75) is 43.8 Å². The zero-order valence-corrected chi connectivity index (χ0v) is 22.0. The molecule has 0 saturated carbocycles. The summed E-state index contributed by atoms with van der Waals surface area (Å²) in [7, 11) is 0. The summed E-state index contributed by atoms with van der Waals surface area (Å²) in [5.41, 5.74) is 9.12. The number of fused-ring (bicyclic) bond motifs is 2. The van der Waals surface area contributed by atoms with Crippen LogP contribution in [0.5, 0.6) is 0 Å². The maximum absolute atomic E-state index is 13.3. The summed E-state index contributed by atoms with van der Waals surface area (Å²) in [6.07, 6.45) is 5.62. The second-order valence-corrected chi connectivity index (χ2v) is 10.1. The second kappa shape index (κ2) is 12.0. The van der Waals surface area contributed by atoms with Gasteiger partial charge in [0.05, 0.1) is 12.6 Å². The topological polar surface area (TPSA) is 174 Å². The summed E-state index contributed by atoms with van der Waals surface area (Å²) in [5.74, 6) is -2.00. The van der Waals surface area contributed by atoms with E-state index in [1.165, 1.54) is 0 Å². The lowest BCUT2D eigenvalue weighted by Crippen LogP contribution is -2.54. The first-order valence-electron chi connectivity index (χ1n) is 13.4. The van der Waals surface area contributed by atoms with Crippen LogP contribution in [-0.2, 0) is 32.0 Å². The van der Waals surface area contributed by atoms with E-state index in [9.17, 15) is 19.2 Å². The smallest absolute Gasteiger partial charge is 0.243 e. The van der Waals surface area contributed by atoms with Crippen LogP contribution < -0.4 is 27.0 Å². The fourth-order valence-corrected chi connectivity index (χ4v) is 5.19. The van der Waals surface area contributed by atoms with Crippen LogP contribution in [0.2, 0.25) is 0 Å². The molecule has 208 valence electrons. The molecule has 1 aliphatic heterocycles. The van der Waals surface area contributed by atoms with Crippen LogP contribution in [0.3, 0.4) is 0 Å². The number of amides is 4. The average molecular weight is 544 g/mol. The highest BCUT2D eigenvalue weighted by Crippen LogP contribution is 2.20. The Morgan fingerprint density at radius 2 is 1.45 bits per heavy atom. The van der Waals surface area contributed by atoms with Gasteiger partial charge in [0.1, 0.15) is 12.1 Å². The number of benzene rings is 2. The number of carbonyl (C=O) groups excluding carboxylic acids is 4. The van der Waals surface area contributed by atoms with Crippen molar-refractivity contribution in [1.82, 2.24) is 31.2 Å². The molecule has 11 heteroatoms. The lowest BCUT2D eigenvalue weighted by atomic mass is 10.0. The van der Waals surface area contributed by atoms with Crippen molar-refractivity contribution in [3.05, 3.63) is 72.1 Å². The minimum atomic E-state index is -0.959. The molecule has 2 aromatic heterocycles. The van der Waals surface area contributed by atoms with Gasteiger partial charge in [-0.3, -0.25) is 19.2 Å². The highest BCUT2D eigenvalue weighted by atomic mass is 16.2. The van der Waals surface area contributed by atoms with E-state index < -0.39 is 29.8 Å². The summed E-state index contributed by atoms with van der Waals surface area (Å²) in [6, 6.07) is 13.1. The Labute approximate surface area is 230 Å². The monoisotopic (exact) mass is 543 g/mol. The van der Waals surface area contributed by atoms with Crippen molar-refractivity contribution < 1.29 is 19.2 Å². The number of nitrogens with two attached hydrogens (primary N) is 1. The molecule has 3 unspecified atom stereocenters. The van der Waals surface area contributed by atoms with Crippen LogP contribution in [0.15, 0.2) is 60.9 Å². The van der Waals surface area contributed by atoms with Gasteiger partial charge in [0, 0.05) is 47.0 Å². The molecule has 1 fully saturated rings. The van der Waals surface area contributed by atoms with E-state index in [2.05, 4.69) is 31.2 Å². The molecular weight excluding hydrogens is 510 g/mol. The Balaban J connectivity index is 1.23. The number of hydrogen-bond donors (Lipinski definition) is 7. The standard InChI is InChI=1S/C29H33N7O4/c30-27(38)24(12-17-14-32-21-8-3-1-6-19(17)21)35-26(37)16-34-28(39)25(36-29(40)23-10-5-11-31-23)13-18-15-33-22-9-4-2-7-20(18)22/h1-4,6-9,14-15,23-25,31-33H,5,10-13,16H2,(H2,30,38)(H,34,39)(H,35,37)(H,36,40). The van der Waals surface area contributed by atoms with Crippen LogP contribution in [-0.4, -0.2) is 64.8 Å². The molecule has 0 bridgehead atoms. The third-order valence-corrected chi connectivity index (χ3v) is 7.31. The zero-order chi connectivity index (χ0) is 28.1. The van der Waals surface area contributed by atoms with Crippen molar-refractivity contribution in [2.75, 3.05) is 13.1 Å². The SMILES string of the molecule is NC(=O)C(Cc1c[nH]c2ccccc12)NC(=O)CNC(=O)C(Cc1c[nH]c2ccccc12)NC(=O)C1CCCN1. The van der Waals surface area contributed by atoms with E-state index in [0.29, 0.717) is 6.42 Å². The molecule has 0 aliphatic carbocycles. The number of hydrogen-bond acceptors (Lipinski definition) is 5. The molecule has 8 N–H and O–H groups in total. The van der Waals surface area contributed by atoms with Gasteiger partial charge in [-0.25, -0.2) is 0 Å². The summed E-state index contributed by atoms with van der Waals surface area (Å²) in [5, 5.41) is 13.1. The number of rotatable bonds is 11. The van der Waals surface area contributed by atoms with Crippen molar-refractivity contribution in [3.8, 4) is 0 Å².